The van der Waals surface area contributed by atoms with E-state index < -0.39 is 15.8 Å². The van der Waals surface area contributed by atoms with Gasteiger partial charge >= 0.3 is 0 Å². The number of hydrogen-bond acceptors (Lipinski definition) is 4. The highest BCUT2D eigenvalue weighted by atomic mass is 32.2. The second kappa shape index (κ2) is 9.40. The molecule has 0 aliphatic heterocycles. The molecule has 0 atom stereocenters. The summed E-state index contributed by atoms with van der Waals surface area (Å²) in [5.41, 5.74) is 5.59. The van der Waals surface area contributed by atoms with E-state index >= 15 is 0 Å². The van der Waals surface area contributed by atoms with Crippen LogP contribution in [0.4, 0.5) is 4.39 Å². The van der Waals surface area contributed by atoms with Crippen LogP contribution in [0.2, 0.25) is 0 Å². The lowest BCUT2D eigenvalue weighted by atomic mass is 10.2. The summed E-state index contributed by atoms with van der Waals surface area (Å²) >= 11 is 1.82. The van der Waals surface area contributed by atoms with E-state index in [1.54, 1.807) is 0 Å². The summed E-state index contributed by atoms with van der Waals surface area (Å²) in [5, 5.41) is 0. The van der Waals surface area contributed by atoms with Crippen molar-refractivity contribution in [3.05, 3.63) is 29.6 Å². The Balaban J connectivity index is 2.46. The summed E-state index contributed by atoms with van der Waals surface area (Å²) in [6.45, 7) is 0.377. The van der Waals surface area contributed by atoms with Crippen molar-refractivity contribution < 1.29 is 12.8 Å². The van der Waals surface area contributed by atoms with E-state index in [0.717, 1.165) is 37.5 Å². The zero-order valence-electron chi connectivity index (χ0n) is 12.3. The quantitative estimate of drug-likeness (QED) is 0.645. The van der Waals surface area contributed by atoms with E-state index in [1.165, 1.54) is 12.1 Å². The fraction of sp³-hybridized carbons (Fsp3) is 0.571. The predicted octanol–water partition coefficient (Wildman–Crippen LogP) is 2.49. The maximum Gasteiger partial charge on any atom is 0.240 e. The van der Waals surface area contributed by atoms with Gasteiger partial charge in [-0.25, -0.2) is 17.5 Å². The average Bonchev–Trinajstić information content (AvgIpc) is 2.46. The Labute approximate surface area is 130 Å². The first-order valence-corrected chi connectivity index (χ1v) is 9.86. The van der Waals surface area contributed by atoms with Gasteiger partial charge < -0.3 is 5.73 Å². The molecule has 0 heterocycles. The van der Waals surface area contributed by atoms with Crippen LogP contribution in [0.5, 0.6) is 0 Å². The Morgan fingerprint density at radius 2 is 1.95 bits per heavy atom. The van der Waals surface area contributed by atoms with Crippen molar-refractivity contribution in [3.8, 4) is 0 Å². The third-order valence-corrected chi connectivity index (χ3v) is 5.27. The number of thioether (sulfide) groups is 1. The van der Waals surface area contributed by atoms with Gasteiger partial charge in [0, 0.05) is 18.7 Å². The Kier molecular flexibility index (Phi) is 8.24. The first-order chi connectivity index (χ1) is 10.0. The monoisotopic (exact) mass is 334 g/mol. The molecule has 21 heavy (non-hydrogen) atoms. The van der Waals surface area contributed by atoms with Gasteiger partial charge in [0.2, 0.25) is 10.0 Å². The molecule has 0 radical (unpaired) electrons. The summed E-state index contributed by atoms with van der Waals surface area (Å²) in [5.74, 6) is 0.661. The van der Waals surface area contributed by atoms with Gasteiger partial charge in [0.1, 0.15) is 5.82 Å². The van der Waals surface area contributed by atoms with Crippen molar-refractivity contribution in [2.75, 3.05) is 18.6 Å². The van der Waals surface area contributed by atoms with Crippen LogP contribution in [-0.4, -0.2) is 27.0 Å². The number of benzene rings is 1. The van der Waals surface area contributed by atoms with Gasteiger partial charge in [0.05, 0.1) is 4.90 Å². The van der Waals surface area contributed by atoms with Crippen molar-refractivity contribution in [1.82, 2.24) is 4.72 Å². The van der Waals surface area contributed by atoms with Crippen LogP contribution in [0, 0.1) is 5.82 Å². The Morgan fingerprint density at radius 1 is 1.24 bits per heavy atom. The van der Waals surface area contributed by atoms with Crippen molar-refractivity contribution in [1.29, 1.82) is 0 Å². The Bertz CT molecular complexity index is 536. The van der Waals surface area contributed by atoms with Crippen LogP contribution in [0.1, 0.15) is 31.2 Å². The summed E-state index contributed by atoms with van der Waals surface area (Å²) in [4.78, 5) is 0.0618. The number of rotatable bonds is 10. The standard InChI is InChI=1S/C14H23FN2O2S2/c1-20-9-5-3-2-4-8-17-21(18,19)13-6-7-14(15)12(10-13)11-16/h6-7,10,17H,2-5,8-9,11,16H2,1H3. The van der Waals surface area contributed by atoms with Crippen molar-refractivity contribution in [3.63, 3.8) is 0 Å². The Morgan fingerprint density at radius 3 is 2.62 bits per heavy atom. The summed E-state index contributed by atoms with van der Waals surface area (Å²) in [7, 11) is -3.58. The molecule has 0 saturated heterocycles. The minimum atomic E-state index is -3.58. The molecule has 1 aromatic carbocycles. The van der Waals surface area contributed by atoms with E-state index in [2.05, 4.69) is 11.0 Å². The molecule has 0 aliphatic rings. The number of unbranched alkanes of at least 4 members (excludes halogenated alkanes) is 3. The van der Waals surface area contributed by atoms with Crippen LogP contribution in [0.25, 0.3) is 0 Å². The average molecular weight is 334 g/mol. The fourth-order valence-electron chi connectivity index (χ4n) is 1.89. The van der Waals surface area contributed by atoms with Crippen LogP contribution in [0.3, 0.4) is 0 Å². The smallest absolute Gasteiger partial charge is 0.240 e. The molecular weight excluding hydrogens is 311 g/mol. The molecule has 0 amide bonds. The molecule has 0 aromatic heterocycles. The molecule has 0 spiro atoms. The maximum absolute atomic E-state index is 13.3. The topological polar surface area (TPSA) is 72.2 Å². The zero-order chi connectivity index (χ0) is 15.7. The molecule has 0 saturated carbocycles. The molecule has 7 heteroatoms. The number of nitrogens with one attached hydrogen (secondary N) is 1. The number of halogens is 1. The molecule has 1 aromatic rings. The third-order valence-electron chi connectivity index (χ3n) is 3.11. The minimum Gasteiger partial charge on any atom is -0.326 e. The van der Waals surface area contributed by atoms with E-state index in [9.17, 15) is 12.8 Å². The minimum absolute atomic E-state index is 0.0232. The molecule has 0 aliphatic carbocycles. The van der Waals surface area contributed by atoms with Crippen LogP contribution in [-0.2, 0) is 16.6 Å². The highest BCUT2D eigenvalue weighted by Crippen LogP contribution is 2.14. The molecule has 120 valence electrons. The van der Waals surface area contributed by atoms with Gasteiger partial charge in [-0.3, -0.25) is 0 Å². The Hall–Kier alpha value is -0.630. The molecule has 3 N–H and O–H groups in total. The molecule has 4 nitrogen and oxygen atoms in total. The molecule has 0 fully saturated rings. The fourth-order valence-corrected chi connectivity index (χ4v) is 3.51. The lowest BCUT2D eigenvalue weighted by Gasteiger charge is -2.08. The molecule has 1 rings (SSSR count). The van der Waals surface area contributed by atoms with Gasteiger partial charge in [0.15, 0.2) is 0 Å². The van der Waals surface area contributed by atoms with Crippen molar-refractivity contribution in [2.45, 2.75) is 37.1 Å². The van der Waals surface area contributed by atoms with Gasteiger partial charge in [-0.2, -0.15) is 11.8 Å². The summed E-state index contributed by atoms with van der Waals surface area (Å²) in [6.07, 6.45) is 6.15. The van der Waals surface area contributed by atoms with E-state index in [0.29, 0.717) is 6.54 Å². The van der Waals surface area contributed by atoms with Gasteiger partial charge in [0.25, 0.3) is 0 Å². The highest BCUT2D eigenvalue weighted by Gasteiger charge is 2.15. The van der Waals surface area contributed by atoms with E-state index in [-0.39, 0.29) is 17.0 Å². The zero-order valence-corrected chi connectivity index (χ0v) is 13.9. The van der Waals surface area contributed by atoms with Gasteiger partial charge in [-0.05, 0) is 43.0 Å². The lowest BCUT2D eigenvalue weighted by Crippen LogP contribution is -2.25. The molecular formula is C14H23FN2O2S2. The number of sulfonamides is 1. The first kappa shape index (κ1) is 18.4. The van der Waals surface area contributed by atoms with Crippen molar-refractivity contribution in [2.24, 2.45) is 5.73 Å². The summed E-state index contributed by atoms with van der Waals surface area (Å²) in [6, 6.07) is 3.69. The van der Waals surface area contributed by atoms with Crippen molar-refractivity contribution >= 4 is 21.8 Å². The largest absolute Gasteiger partial charge is 0.326 e. The molecule has 0 bridgehead atoms. The van der Waals surface area contributed by atoms with Crippen LogP contribution < -0.4 is 10.5 Å². The maximum atomic E-state index is 13.3. The van der Waals surface area contributed by atoms with Crippen LogP contribution in [0.15, 0.2) is 23.1 Å². The second-order valence-corrected chi connectivity index (χ2v) is 7.51. The predicted molar refractivity (Wildman–Crippen MR) is 86.3 cm³/mol. The summed E-state index contributed by atoms with van der Waals surface area (Å²) < 4.78 is 40.0. The van der Waals surface area contributed by atoms with Crippen LogP contribution >= 0.6 is 11.8 Å². The van der Waals surface area contributed by atoms with Gasteiger partial charge in [-0.15, -0.1) is 0 Å². The number of nitrogens with two attached hydrogens (primary N) is 1. The third kappa shape index (κ3) is 6.34. The highest BCUT2D eigenvalue weighted by molar-refractivity contribution is 7.98. The van der Waals surface area contributed by atoms with E-state index in [1.807, 2.05) is 11.8 Å². The van der Waals surface area contributed by atoms with Gasteiger partial charge in [-0.1, -0.05) is 12.8 Å². The second-order valence-electron chi connectivity index (χ2n) is 4.76. The SMILES string of the molecule is CSCCCCCCNS(=O)(=O)c1ccc(F)c(CN)c1. The lowest BCUT2D eigenvalue weighted by molar-refractivity contribution is 0.572. The first-order valence-electron chi connectivity index (χ1n) is 6.98. The van der Waals surface area contributed by atoms with E-state index in [4.69, 9.17) is 5.73 Å². The molecule has 0 unspecified atom stereocenters. The number of hydrogen-bond donors (Lipinski definition) is 2. The normalized spacial score (nSPS) is 11.8.